The van der Waals surface area contributed by atoms with Crippen LogP contribution < -0.4 is 25.0 Å². The number of fused-ring (bicyclic) bond motifs is 2. The zero-order chi connectivity index (χ0) is 42.1. The van der Waals surface area contributed by atoms with Crippen molar-refractivity contribution in [1.82, 2.24) is 20.4 Å². The van der Waals surface area contributed by atoms with Gasteiger partial charge in [0.2, 0.25) is 5.91 Å². The van der Waals surface area contributed by atoms with E-state index in [0.29, 0.717) is 60.5 Å². The highest BCUT2D eigenvalue weighted by atomic mass is 16.5. The van der Waals surface area contributed by atoms with E-state index in [1.807, 2.05) is 87.7 Å². The third kappa shape index (κ3) is 9.03. The molecule has 0 spiro atoms. The van der Waals surface area contributed by atoms with Crippen LogP contribution in [-0.4, -0.2) is 118 Å². The van der Waals surface area contributed by atoms with E-state index in [2.05, 4.69) is 47.3 Å². The molecule has 3 aromatic carbocycles. The third-order valence-corrected chi connectivity index (χ3v) is 13.7. The van der Waals surface area contributed by atoms with Crippen molar-refractivity contribution in [2.75, 3.05) is 67.0 Å². The quantitative estimate of drug-likeness (QED) is 0.153. The Balaban J connectivity index is 1.28. The average Bonchev–Trinajstić information content (AvgIpc) is 3.56. The molecule has 7 rings (SSSR count). The SMILES string of the molecule is COc1cccc(C[C@@H](CN(C)C)NC(=O)c2cc(-c3cccc(CN4C[C@@H](CO)[C@H]([C@H](C)O)[C@H]4C(=O)N[C@H]4C[C@H]5C[C@@H]([C@@H]4C)C5(C)C)c3OC)cc(N(C)C)c2)c1. The molecule has 2 amide bonds. The topological polar surface area (TPSA) is 127 Å². The summed E-state index contributed by atoms with van der Waals surface area (Å²) in [6.45, 7) is 10.1. The van der Waals surface area contributed by atoms with E-state index in [-0.39, 0.29) is 36.4 Å². The van der Waals surface area contributed by atoms with Crippen LogP contribution in [0.3, 0.4) is 0 Å². The molecule has 316 valence electrons. The summed E-state index contributed by atoms with van der Waals surface area (Å²) in [5.74, 6) is 2.02. The van der Waals surface area contributed by atoms with Crippen molar-refractivity contribution in [1.29, 1.82) is 0 Å². The molecule has 3 saturated carbocycles. The molecule has 58 heavy (non-hydrogen) atoms. The van der Waals surface area contributed by atoms with Gasteiger partial charge in [-0.25, -0.2) is 0 Å². The Kier molecular flexibility index (Phi) is 13.5. The Bertz CT molecular complexity index is 1910. The van der Waals surface area contributed by atoms with Crippen LogP contribution >= 0.6 is 0 Å². The molecule has 0 radical (unpaired) electrons. The smallest absolute Gasteiger partial charge is 0.251 e. The molecule has 1 heterocycles. The van der Waals surface area contributed by atoms with E-state index < -0.39 is 18.1 Å². The highest BCUT2D eigenvalue weighted by molar-refractivity contribution is 5.97. The Morgan fingerprint density at radius 2 is 1.74 bits per heavy atom. The number of anilines is 1. The Morgan fingerprint density at radius 3 is 2.36 bits per heavy atom. The molecule has 4 aliphatic rings. The van der Waals surface area contributed by atoms with Crippen molar-refractivity contribution in [2.24, 2.45) is 35.0 Å². The lowest BCUT2D eigenvalue weighted by Crippen LogP contribution is -2.62. The Labute approximate surface area is 346 Å². The molecule has 0 unspecified atom stereocenters. The van der Waals surface area contributed by atoms with Gasteiger partial charge in [0.1, 0.15) is 11.5 Å². The predicted octanol–water partition coefficient (Wildman–Crippen LogP) is 5.32. The van der Waals surface area contributed by atoms with Gasteiger partial charge in [0, 0.05) is 86.6 Å². The van der Waals surface area contributed by atoms with Crippen molar-refractivity contribution in [3.63, 3.8) is 0 Å². The second-order valence-electron chi connectivity index (χ2n) is 18.4. The molecule has 3 aromatic rings. The van der Waals surface area contributed by atoms with E-state index in [0.717, 1.165) is 40.1 Å². The van der Waals surface area contributed by atoms with Crippen LogP contribution in [0.5, 0.6) is 11.5 Å². The van der Waals surface area contributed by atoms with Crippen molar-refractivity contribution in [3.8, 4) is 22.6 Å². The number of carbonyl (C=O) groups is 2. The third-order valence-electron chi connectivity index (χ3n) is 13.7. The lowest BCUT2D eigenvalue weighted by atomic mass is 9.45. The monoisotopic (exact) mass is 798 g/mol. The number of hydrogen-bond donors (Lipinski definition) is 4. The van der Waals surface area contributed by atoms with E-state index in [1.165, 1.54) is 6.42 Å². The van der Waals surface area contributed by atoms with Gasteiger partial charge in [-0.1, -0.05) is 51.1 Å². The van der Waals surface area contributed by atoms with Gasteiger partial charge in [-0.15, -0.1) is 0 Å². The van der Waals surface area contributed by atoms with Crippen LogP contribution in [0.4, 0.5) is 5.69 Å². The standard InChI is InChI=1S/C47H67N5O6/c1-28-40-22-35(47(40,3)4)23-41(28)49-46(56)43-42(29(2)54)34(27-53)25-52(43)24-31-14-12-16-39(44(31)58-10)32-19-33(21-37(20-32)51(7)8)45(55)48-36(26-50(5)6)17-30-13-11-15-38(18-30)57-9/h11-16,18-21,28-29,34-36,40-43,53-54H,17,22-27H2,1-10H3,(H,48,55)(H,49,56)/t28-,29-,34-,35+,36-,40-,41-,42-,43-/m0/s1. The van der Waals surface area contributed by atoms with Crippen molar-refractivity contribution in [3.05, 3.63) is 77.4 Å². The van der Waals surface area contributed by atoms with Gasteiger partial charge >= 0.3 is 0 Å². The number of para-hydroxylation sites is 1. The number of nitrogens with zero attached hydrogens (tertiary/aromatic N) is 3. The number of aliphatic hydroxyl groups is 2. The lowest BCUT2D eigenvalue weighted by molar-refractivity contribution is -0.139. The number of rotatable bonds is 16. The number of benzene rings is 3. The summed E-state index contributed by atoms with van der Waals surface area (Å²) < 4.78 is 11.6. The normalized spacial score (nSPS) is 26.1. The molecule has 11 heteroatoms. The summed E-state index contributed by atoms with van der Waals surface area (Å²) in [7, 11) is 11.2. The second-order valence-corrected chi connectivity index (χ2v) is 18.4. The molecule has 1 saturated heterocycles. The van der Waals surface area contributed by atoms with E-state index in [4.69, 9.17) is 9.47 Å². The van der Waals surface area contributed by atoms with Crippen LogP contribution in [0.2, 0.25) is 0 Å². The predicted molar refractivity (Wildman–Crippen MR) is 230 cm³/mol. The molecular weight excluding hydrogens is 731 g/mol. The summed E-state index contributed by atoms with van der Waals surface area (Å²) in [6.07, 6.45) is 2.04. The lowest BCUT2D eigenvalue weighted by Gasteiger charge is -2.62. The molecule has 4 N–H and O–H groups in total. The second kappa shape index (κ2) is 18.0. The van der Waals surface area contributed by atoms with Gasteiger partial charge in [-0.3, -0.25) is 14.5 Å². The van der Waals surface area contributed by atoms with Crippen LogP contribution in [0, 0.1) is 35.0 Å². The van der Waals surface area contributed by atoms with Gasteiger partial charge < -0.3 is 40.1 Å². The summed E-state index contributed by atoms with van der Waals surface area (Å²) in [6, 6.07) is 19.1. The molecule has 1 aliphatic heterocycles. The number of carbonyl (C=O) groups excluding carboxylic acids is 2. The molecule has 3 aliphatic carbocycles. The van der Waals surface area contributed by atoms with Crippen LogP contribution in [-0.2, 0) is 17.8 Å². The van der Waals surface area contributed by atoms with E-state index in [9.17, 15) is 19.8 Å². The molecule has 11 nitrogen and oxygen atoms in total. The summed E-state index contributed by atoms with van der Waals surface area (Å²) >= 11 is 0. The molecule has 9 atom stereocenters. The average molecular weight is 798 g/mol. The number of nitrogens with one attached hydrogen (secondary N) is 2. The largest absolute Gasteiger partial charge is 0.497 e. The fourth-order valence-corrected chi connectivity index (χ4v) is 10.5. The Morgan fingerprint density at radius 1 is 1.00 bits per heavy atom. The summed E-state index contributed by atoms with van der Waals surface area (Å²) in [4.78, 5) is 34.7. The Hall–Kier alpha value is -4.16. The molecule has 2 bridgehead atoms. The minimum absolute atomic E-state index is 0.0822. The number of likely N-dealkylation sites (N-methyl/N-ethyl adjacent to an activating group) is 1. The maximum atomic E-state index is 14.4. The number of hydrogen-bond acceptors (Lipinski definition) is 9. The maximum absolute atomic E-state index is 14.4. The van der Waals surface area contributed by atoms with E-state index in [1.54, 1.807) is 21.1 Å². The summed E-state index contributed by atoms with van der Waals surface area (Å²) in [5.41, 5.74) is 5.29. The van der Waals surface area contributed by atoms with E-state index >= 15 is 0 Å². The first-order valence-corrected chi connectivity index (χ1v) is 21.0. The fraction of sp³-hybridized carbons (Fsp3) is 0.574. The number of likely N-dealkylation sites (tertiary alicyclic amines) is 1. The zero-order valence-electron chi connectivity index (χ0n) is 36.3. The first-order chi connectivity index (χ1) is 27.6. The molecular formula is C47H67N5O6. The summed E-state index contributed by atoms with van der Waals surface area (Å²) in [5, 5.41) is 28.3. The number of ether oxygens (including phenoxy) is 2. The van der Waals surface area contributed by atoms with Crippen LogP contribution in [0.1, 0.15) is 62.0 Å². The minimum atomic E-state index is -0.784. The van der Waals surface area contributed by atoms with Gasteiger partial charge in [0.25, 0.3) is 5.91 Å². The first kappa shape index (κ1) is 43.4. The van der Waals surface area contributed by atoms with Gasteiger partial charge in [0.05, 0.1) is 26.4 Å². The van der Waals surface area contributed by atoms with Crippen molar-refractivity contribution in [2.45, 2.75) is 77.7 Å². The van der Waals surface area contributed by atoms with Crippen LogP contribution in [0.25, 0.3) is 11.1 Å². The highest BCUT2D eigenvalue weighted by Crippen LogP contribution is 2.61. The van der Waals surface area contributed by atoms with Gasteiger partial charge in [0.15, 0.2) is 0 Å². The van der Waals surface area contributed by atoms with Crippen LogP contribution in [0.15, 0.2) is 60.7 Å². The zero-order valence-corrected chi connectivity index (χ0v) is 36.3. The number of aliphatic hydroxyl groups excluding tert-OH is 2. The van der Waals surface area contributed by atoms with Gasteiger partial charge in [-0.05, 0) is 105 Å². The molecule has 4 fully saturated rings. The molecule has 0 aromatic heterocycles. The van der Waals surface area contributed by atoms with Crippen molar-refractivity contribution < 1.29 is 29.3 Å². The first-order valence-electron chi connectivity index (χ1n) is 21.0. The fourth-order valence-electron chi connectivity index (χ4n) is 10.5. The maximum Gasteiger partial charge on any atom is 0.251 e. The number of methoxy groups -OCH3 is 2. The van der Waals surface area contributed by atoms with Gasteiger partial charge in [-0.2, -0.15) is 0 Å². The minimum Gasteiger partial charge on any atom is -0.497 e. The highest BCUT2D eigenvalue weighted by Gasteiger charge is 2.57. The van der Waals surface area contributed by atoms with Crippen molar-refractivity contribution >= 4 is 17.5 Å². The number of amides is 2.